The van der Waals surface area contributed by atoms with Gasteiger partial charge in [-0.25, -0.2) is 0 Å². The second-order valence-corrected chi connectivity index (χ2v) is 7.72. The largest absolute Gasteiger partial charge is 0.481 e. The molecular weight excluding hydrogens is 318 g/mol. The lowest BCUT2D eigenvalue weighted by molar-refractivity contribution is -0.140. The summed E-state index contributed by atoms with van der Waals surface area (Å²) in [6.45, 7) is 5.33. The maximum absolute atomic E-state index is 12.7. The summed E-state index contributed by atoms with van der Waals surface area (Å²) in [6, 6.07) is 8.51. The van der Waals surface area contributed by atoms with Crippen LogP contribution in [0.25, 0.3) is 0 Å². The maximum Gasteiger partial charge on any atom is 0.305 e. The Labute approximate surface area is 148 Å². The number of carbonyl (C=O) groups excluding carboxylic acids is 1. The van der Waals surface area contributed by atoms with Crippen LogP contribution in [0.3, 0.4) is 0 Å². The van der Waals surface area contributed by atoms with Gasteiger partial charge in [0, 0.05) is 19.1 Å². The Bertz CT molecular complexity index is 632. The van der Waals surface area contributed by atoms with E-state index in [1.165, 1.54) is 11.1 Å². The number of carbonyl (C=O) groups is 2. The van der Waals surface area contributed by atoms with Gasteiger partial charge in [0.1, 0.15) is 0 Å². The molecule has 1 aliphatic carbocycles. The van der Waals surface area contributed by atoms with E-state index in [2.05, 4.69) is 43.4 Å². The number of aliphatic carboxylic acids is 1. The molecule has 1 aromatic rings. The molecule has 0 aromatic heterocycles. The molecule has 0 bridgehead atoms. The quantitative estimate of drug-likeness (QED) is 0.831. The average molecular weight is 345 g/mol. The first-order valence-corrected chi connectivity index (χ1v) is 9.12. The highest BCUT2D eigenvalue weighted by Crippen LogP contribution is 2.48. The second kappa shape index (κ2) is 7.16. The second-order valence-electron chi connectivity index (χ2n) is 7.72. The molecule has 2 atom stereocenters. The zero-order chi connectivity index (χ0) is 18.0. The van der Waals surface area contributed by atoms with Gasteiger partial charge in [-0.05, 0) is 42.2 Å². The topological polar surface area (TPSA) is 75.6 Å². The number of hydrogen-bond donors (Lipinski definition) is 2. The number of benzene rings is 1. The van der Waals surface area contributed by atoms with E-state index in [-0.39, 0.29) is 24.2 Å². The average Bonchev–Trinajstić information content (AvgIpc) is 3.35. The van der Waals surface area contributed by atoms with Crippen LogP contribution in [0.1, 0.15) is 62.5 Å². The summed E-state index contributed by atoms with van der Waals surface area (Å²) < 4.78 is 5.34. The molecule has 2 unspecified atom stereocenters. The minimum absolute atomic E-state index is 0.0129. The monoisotopic (exact) mass is 345 g/mol. The highest BCUT2D eigenvalue weighted by molar-refractivity contribution is 5.84. The Morgan fingerprint density at radius 2 is 1.88 bits per heavy atom. The summed E-state index contributed by atoms with van der Waals surface area (Å²) in [4.78, 5) is 23.9. The van der Waals surface area contributed by atoms with Crippen molar-refractivity contribution in [2.75, 3.05) is 13.2 Å². The fourth-order valence-corrected chi connectivity index (χ4v) is 3.73. The summed E-state index contributed by atoms with van der Waals surface area (Å²) in [7, 11) is 0. The van der Waals surface area contributed by atoms with Gasteiger partial charge in [-0.3, -0.25) is 9.59 Å². The lowest BCUT2D eigenvalue weighted by atomic mass is 9.86. The molecule has 5 heteroatoms. The smallest absolute Gasteiger partial charge is 0.305 e. The third kappa shape index (κ3) is 4.21. The molecule has 1 amide bonds. The Morgan fingerprint density at radius 1 is 1.24 bits per heavy atom. The van der Waals surface area contributed by atoms with E-state index in [4.69, 9.17) is 4.74 Å². The lowest BCUT2D eigenvalue weighted by Gasteiger charge is -2.37. The van der Waals surface area contributed by atoms with Crippen LogP contribution in [-0.4, -0.2) is 35.7 Å². The summed E-state index contributed by atoms with van der Waals surface area (Å²) >= 11 is 0. The number of carboxylic acids is 1. The van der Waals surface area contributed by atoms with Gasteiger partial charge in [0.25, 0.3) is 0 Å². The van der Waals surface area contributed by atoms with Gasteiger partial charge in [-0.1, -0.05) is 38.1 Å². The first-order chi connectivity index (χ1) is 11.9. The number of rotatable bonds is 6. The number of amides is 1. The molecule has 2 fully saturated rings. The van der Waals surface area contributed by atoms with Crippen LogP contribution in [0.4, 0.5) is 0 Å². The van der Waals surface area contributed by atoms with Crippen molar-refractivity contribution in [2.45, 2.75) is 56.9 Å². The van der Waals surface area contributed by atoms with Crippen molar-refractivity contribution < 1.29 is 19.4 Å². The molecule has 1 heterocycles. The predicted molar refractivity (Wildman–Crippen MR) is 94.6 cm³/mol. The molecule has 5 nitrogen and oxygen atoms in total. The van der Waals surface area contributed by atoms with Gasteiger partial charge < -0.3 is 15.2 Å². The zero-order valence-corrected chi connectivity index (χ0v) is 15.0. The van der Waals surface area contributed by atoms with Crippen molar-refractivity contribution in [2.24, 2.45) is 5.92 Å². The number of ether oxygens (including phenoxy) is 1. The van der Waals surface area contributed by atoms with Crippen molar-refractivity contribution in [1.82, 2.24) is 5.32 Å². The van der Waals surface area contributed by atoms with Gasteiger partial charge >= 0.3 is 5.97 Å². The molecule has 2 N–H and O–H groups in total. The molecule has 2 aliphatic rings. The third-order valence-electron chi connectivity index (χ3n) is 5.49. The molecule has 1 saturated carbocycles. The molecular formula is C20H27NO4. The van der Waals surface area contributed by atoms with Crippen LogP contribution >= 0.6 is 0 Å². The van der Waals surface area contributed by atoms with Crippen LogP contribution in [0.2, 0.25) is 0 Å². The minimum Gasteiger partial charge on any atom is -0.481 e. The Morgan fingerprint density at radius 3 is 2.44 bits per heavy atom. The number of hydrogen-bond acceptors (Lipinski definition) is 3. The van der Waals surface area contributed by atoms with Crippen LogP contribution in [0.5, 0.6) is 0 Å². The fraction of sp³-hybridized carbons (Fsp3) is 0.600. The van der Waals surface area contributed by atoms with Crippen molar-refractivity contribution in [3.63, 3.8) is 0 Å². The van der Waals surface area contributed by atoms with E-state index in [0.717, 1.165) is 6.42 Å². The molecule has 25 heavy (non-hydrogen) atoms. The van der Waals surface area contributed by atoms with E-state index in [1.54, 1.807) is 0 Å². The SMILES string of the molecule is CC(C)c1ccc(C2CC2C(=O)NC2(CC(=O)O)CCOCC2)cc1. The van der Waals surface area contributed by atoms with Crippen LogP contribution in [0.15, 0.2) is 24.3 Å². The number of nitrogens with one attached hydrogen (secondary N) is 1. The summed E-state index contributed by atoms with van der Waals surface area (Å²) in [5, 5.41) is 12.3. The van der Waals surface area contributed by atoms with E-state index in [0.29, 0.717) is 32.0 Å². The molecule has 0 spiro atoms. The summed E-state index contributed by atoms with van der Waals surface area (Å²) in [6.07, 6.45) is 1.92. The predicted octanol–water partition coefficient (Wildman–Crippen LogP) is 3.05. The van der Waals surface area contributed by atoms with E-state index >= 15 is 0 Å². The Kier molecular flexibility index (Phi) is 5.13. The van der Waals surface area contributed by atoms with Crippen molar-refractivity contribution in [3.05, 3.63) is 35.4 Å². The summed E-state index contributed by atoms with van der Waals surface area (Å²) in [5.41, 5.74) is 1.84. The molecule has 3 rings (SSSR count). The van der Waals surface area contributed by atoms with Crippen molar-refractivity contribution >= 4 is 11.9 Å². The normalized spacial score (nSPS) is 24.8. The highest BCUT2D eigenvalue weighted by Gasteiger charge is 2.47. The third-order valence-corrected chi connectivity index (χ3v) is 5.49. The summed E-state index contributed by atoms with van der Waals surface area (Å²) in [5.74, 6) is -0.182. The van der Waals surface area contributed by atoms with E-state index in [9.17, 15) is 14.7 Å². The fourth-order valence-electron chi connectivity index (χ4n) is 3.73. The number of carboxylic acid groups (broad SMARTS) is 1. The Balaban J connectivity index is 1.62. The minimum atomic E-state index is -0.876. The maximum atomic E-state index is 12.7. The lowest BCUT2D eigenvalue weighted by Crippen LogP contribution is -2.53. The van der Waals surface area contributed by atoms with Crippen LogP contribution < -0.4 is 5.32 Å². The van der Waals surface area contributed by atoms with Gasteiger partial charge in [0.05, 0.1) is 12.0 Å². The molecule has 1 saturated heterocycles. The molecule has 1 aromatic carbocycles. The van der Waals surface area contributed by atoms with Crippen molar-refractivity contribution in [3.8, 4) is 0 Å². The first kappa shape index (κ1) is 17.9. The van der Waals surface area contributed by atoms with E-state index in [1.807, 2.05) is 0 Å². The first-order valence-electron chi connectivity index (χ1n) is 9.12. The molecule has 136 valence electrons. The van der Waals surface area contributed by atoms with Gasteiger partial charge in [0.15, 0.2) is 0 Å². The van der Waals surface area contributed by atoms with Crippen LogP contribution in [0, 0.1) is 5.92 Å². The standard InChI is InChI=1S/C20H27NO4/c1-13(2)14-3-5-15(6-4-14)16-11-17(16)19(24)21-20(12-18(22)23)7-9-25-10-8-20/h3-6,13,16-17H,7-12H2,1-2H3,(H,21,24)(H,22,23). The molecule has 0 radical (unpaired) electrons. The highest BCUT2D eigenvalue weighted by atomic mass is 16.5. The van der Waals surface area contributed by atoms with E-state index < -0.39 is 11.5 Å². The van der Waals surface area contributed by atoms with Gasteiger partial charge in [-0.2, -0.15) is 0 Å². The van der Waals surface area contributed by atoms with Crippen LogP contribution in [-0.2, 0) is 14.3 Å². The van der Waals surface area contributed by atoms with Gasteiger partial charge in [-0.15, -0.1) is 0 Å². The Hall–Kier alpha value is -1.88. The molecule has 1 aliphatic heterocycles. The van der Waals surface area contributed by atoms with Gasteiger partial charge in [0.2, 0.25) is 5.91 Å². The van der Waals surface area contributed by atoms with Crippen molar-refractivity contribution in [1.29, 1.82) is 0 Å². The zero-order valence-electron chi connectivity index (χ0n) is 15.0.